The Morgan fingerprint density at radius 1 is 0.829 bits per heavy atom. The Bertz CT molecular complexity index is 1800. The molecule has 0 saturated heterocycles. The van der Waals surface area contributed by atoms with Crippen molar-refractivity contribution < 1.29 is 23.4 Å². The highest BCUT2D eigenvalue weighted by Crippen LogP contribution is 2.42. The number of amides is 1. The second-order valence-corrected chi connectivity index (χ2v) is 10.6. The molecule has 0 spiro atoms. The van der Waals surface area contributed by atoms with Gasteiger partial charge in [-0.1, -0.05) is 64.5 Å². The van der Waals surface area contributed by atoms with Gasteiger partial charge >= 0.3 is 0 Å². The van der Waals surface area contributed by atoms with Crippen molar-refractivity contribution in [3.8, 4) is 17.2 Å². The van der Waals surface area contributed by atoms with Crippen LogP contribution in [0.4, 0.5) is 0 Å². The van der Waals surface area contributed by atoms with E-state index in [9.17, 15) is 9.59 Å². The SMILES string of the molecule is COc1ccc(CN2C(=O)c3oc4ccc(Br)cc4c(=O)c3C2c2ccc(OCc3ccccc3)c(OC)c2)cc1. The lowest BCUT2D eigenvalue weighted by Crippen LogP contribution is -2.29. The van der Waals surface area contributed by atoms with E-state index in [1.165, 1.54) is 0 Å². The van der Waals surface area contributed by atoms with Gasteiger partial charge in [0.05, 0.1) is 31.2 Å². The Kier molecular flexibility index (Phi) is 7.24. The minimum Gasteiger partial charge on any atom is -0.497 e. The van der Waals surface area contributed by atoms with Gasteiger partial charge < -0.3 is 23.5 Å². The van der Waals surface area contributed by atoms with Crippen LogP contribution >= 0.6 is 15.9 Å². The van der Waals surface area contributed by atoms with Gasteiger partial charge in [0.2, 0.25) is 5.76 Å². The fraction of sp³-hybridized carbons (Fsp3) is 0.152. The summed E-state index contributed by atoms with van der Waals surface area (Å²) in [6.45, 7) is 0.626. The number of nitrogens with zero attached hydrogens (tertiary/aromatic N) is 1. The molecule has 2 heterocycles. The van der Waals surface area contributed by atoms with E-state index in [1.54, 1.807) is 37.3 Å². The number of rotatable bonds is 8. The summed E-state index contributed by atoms with van der Waals surface area (Å²) in [7, 11) is 3.17. The molecule has 0 saturated carbocycles. The van der Waals surface area contributed by atoms with Crippen LogP contribution in [-0.2, 0) is 13.2 Å². The Morgan fingerprint density at radius 3 is 2.34 bits per heavy atom. The van der Waals surface area contributed by atoms with E-state index in [0.717, 1.165) is 15.6 Å². The quantitative estimate of drug-likeness (QED) is 0.190. The molecule has 0 radical (unpaired) electrons. The Balaban J connectivity index is 1.44. The Labute approximate surface area is 245 Å². The topological polar surface area (TPSA) is 78.2 Å². The minimum atomic E-state index is -0.698. The van der Waals surface area contributed by atoms with Gasteiger partial charge in [-0.2, -0.15) is 0 Å². The van der Waals surface area contributed by atoms with Crippen LogP contribution in [0.15, 0.2) is 105 Å². The first-order chi connectivity index (χ1) is 20.0. The van der Waals surface area contributed by atoms with Crippen LogP contribution in [0, 0.1) is 0 Å². The summed E-state index contributed by atoms with van der Waals surface area (Å²) >= 11 is 3.45. The summed E-state index contributed by atoms with van der Waals surface area (Å²) in [6, 6.07) is 27.3. The van der Waals surface area contributed by atoms with Crippen molar-refractivity contribution in [2.75, 3.05) is 14.2 Å². The van der Waals surface area contributed by atoms with Gasteiger partial charge in [0.1, 0.15) is 17.9 Å². The number of benzene rings is 4. The molecule has 6 rings (SSSR count). The largest absolute Gasteiger partial charge is 0.497 e. The van der Waals surface area contributed by atoms with Gasteiger partial charge in [-0.3, -0.25) is 9.59 Å². The summed E-state index contributed by atoms with van der Waals surface area (Å²) < 4.78 is 23.9. The van der Waals surface area contributed by atoms with Crippen LogP contribution in [-0.4, -0.2) is 25.0 Å². The minimum absolute atomic E-state index is 0.0479. The van der Waals surface area contributed by atoms with E-state index >= 15 is 0 Å². The van der Waals surface area contributed by atoms with Crippen molar-refractivity contribution in [1.82, 2.24) is 4.90 Å². The summed E-state index contributed by atoms with van der Waals surface area (Å²) in [5.41, 5.74) is 3.02. The maximum atomic E-state index is 13.9. The van der Waals surface area contributed by atoms with Crippen LogP contribution < -0.4 is 19.6 Å². The smallest absolute Gasteiger partial charge is 0.291 e. The molecule has 1 unspecified atom stereocenters. The van der Waals surface area contributed by atoms with Gasteiger partial charge in [0.15, 0.2) is 16.9 Å². The van der Waals surface area contributed by atoms with E-state index in [1.807, 2.05) is 72.8 Å². The maximum absolute atomic E-state index is 13.9. The van der Waals surface area contributed by atoms with Gasteiger partial charge in [0.25, 0.3) is 5.91 Å². The molecule has 4 aromatic carbocycles. The van der Waals surface area contributed by atoms with Crippen LogP contribution in [0.3, 0.4) is 0 Å². The Hall–Kier alpha value is -4.56. The molecule has 1 aliphatic heterocycles. The first kappa shape index (κ1) is 26.7. The van der Waals surface area contributed by atoms with Crippen molar-refractivity contribution in [1.29, 1.82) is 0 Å². The molecule has 41 heavy (non-hydrogen) atoms. The lowest BCUT2D eigenvalue weighted by molar-refractivity contribution is 0.0714. The number of methoxy groups -OCH3 is 2. The normalized spacial score (nSPS) is 14.3. The van der Waals surface area contributed by atoms with Gasteiger partial charge in [-0.05, 0) is 59.2 Å². The second kappa shape index (κ2) is 11.1. The second-order valence-electron chi connectivity index (χ2n) is 9.68. The van der Waals surface area contributed by atoms with E-state index in [4.69, 9.17) is 18.6 Å². The number of hydrogen-bond donors (Lipinski definition) is 0. The summed E-state index contributed by atoms with van der Waals surface area (Å²) in [5, 5.41) is 0.400. The van der Waals surface area contributed by atoms with Crippen molar-refractivity contribution in [3.05, 3.63) is 134 Å². The fourth-order valence-electron chi connectivity index (χ4n) is 5.14. The molecule has 8 heteroatoms. The fourth-order valence-corrected chi connectivity index (χ4v) is 5.50. The zero-order valence-electron chi connectivity index (χ0n) is 22.4. The van der Waals surface area contributed by atoms with E-state index in [2.05, 4.69) is 15.9 Å². The van der Waals surface area contributed by atoms with Crippen LogP contribution in [0.5, 0.6) is 17.2 Å². The van der Waals surface area contributed by atoms with Gasteiger partial charge in [-0.25, -0.2) is 0 Å². The van der Waals surface area contributed by atoms with Crippen LogP contribution in [0.2, 0.25) is 0 Å². The van der Waals surface area contributed by atoms with E-state index < -0.39 is 6.04 Å². The van der Waals surface area contributed by atoms with Crippen molar-refractivity contribution in [2.24, 2.45) is 0 Å². The number of ether oxygens (including phenoxy) is 3. The summed E-state index contributed by atoms with van der Waals surface area (Å²) in [6.07, 6.45) is 0. The maximum Gasteiger partial charge on any atom is 0.291 e. The van der Waals surface area contributed by atoms with Crippen LogP contribution in [0.1, 0.15) is 38.9 Å². The molecular formula is C33H26BrNO6. The molecule has 1 aromatic heterocycles. The zero-order valence-corrected chi connectivity index (χ0v) is 24.0. The molecule has 0 bridgehead atoms. The predicted octanol–water partition coefficient (Wildman–Crippen LogP) is 6.90. The molecule has 1 atom stereocenters. The van der Waals surface area contributed by atoms with E-state index in [-0.39, 0.29) is 23.6 Å². The number of hydrogen-bond acceptors (Lipinski definition) is 6. The monoisotopic (exact) mass is 611 g/mol. The van der Waals surface area contributed by atoms with Crippen molar-refractivity contribution in [2.45, 2.75) is 19.2 Å². The standard InChI is InChI=1S/C33H26BrNO6/c1-38-24-12-8-20(9-13-24)18-35-30(29-31(36)25-17-23(34)11-15-26(25)41-32(29)33(35)37)22-10-14-27(28(16-22)39-2)40-19-21-6-4-3-5-7-21/h3-17,30H,18-19H2,1-2H3. The lowest BCUT2D eigenvalue weighted by atomic mass is 9.97. The average molecular weight is 612 g/mol. The highest BCUT2D eigenvalue weighted by Gasteiger charge is 2.43. The molecule has 5 aromatic rings. The third-order valence-electron chi connectivity index (χ3n) is 7.18. The number of fused-ring (bicyclic) bond motifs is 2. The number of carbonyl (C=O) groups is 1. The molecule has 206 valence electrons. The van der Waals surface area contributed by atoms with Crippen molar-refractivity contribution in [3.63, 3.8) is 0 Å². The van der Waals surface area contributed by atoms with Crippen LogP contribution in [0.25, 0.3) is 11.0 Å². The van der Waals surface area contributed by atoms with E-state index in [0.29, 0.717) is 46.0 Å². The summed E-state index contributed by atoms with van der Waals surface area (Å²) in [4.78, 5) is 29.4. The molecule has 1 aliphatic rings. The molecular weight excluding hydrogens is 586 g/mol. The highest BCUT2D eigenvalue weighted by atomic mass is 79.9. The molecule has 1 amide bonds. The molecule has 0 N–H and O–H groups in total. The third-order valence-corrected chi connectivity index (χ3v) is 7.67. The number of carbonyl (C=O) groups excluding carboxylic acids is 1. The average Bonchev–Trinajstić information content (AvgIpc) is 3.28. The first-order valence-electron chi connectivity index (χ1n) is 13.0. The summed E-state index contributed by atoms with van der Waals surface area (Å²) in [5.74, 6) is 1.46. The zero-order chi connectivity index (χ0) is 28.5. The Morgan fingerprint density at radius 2 is 1.61 bits per heavy atom. The predicted molar refractivity (Wildman–Crippen MR) is 159 cm³/mol. The van der Waals surface area contributed by atoms with Gasteiger partial charge in [-0.15, -0.1) is 0 Å². The molecule has 0 aliphatic carbocycles. The van der Waals surface area contributed by atoms with Crippen molar-refractivity contribution >= 4 is 32.8 Å². The first-order valence-corrected chi connectivity index (χ1v) is 13.8. The third kappa shape index (κ3) is 5.07. The van der Waals surface area contributed by atoms with Gasteiger partial charge in [0, 0.05) is 11.0 Å². The lowest BCUT2D eigenvalue weighted by Gasteiger charge is -2.26. The highest BCUT2D eigenvalue weighted by molar-refractivity contribution is 9.10. The molecule has 7 nitrogen and oxygen atoms in total. The number of halogens is 1. The molecule has 0 fully saturated rings.